The smallest absolute Gasteiger partial charge is 0.0219 e. The normalized spacial score (nSPS) is 25.3. The van der Waals surface area contributed by atoms with Gasteiger partial charge in [-0.15, -0.1) is 11.3 Å². The molecule has 0 aromatic carbocycles. The van der Waals surface area contributed by atoms with Crippen LogP contribution < -0.4 is 11.1 Å². The molecule has 0 radical (unpaired) electrons. The first-order valence-corrected chi connectivity index (χ1v) is 7.92. The largest absolute Gasteiger partial charge is 0.326 e. The van der Waals surface area contributed by atoms with Crippen molar-refractivity contribution in [1.82, 2.24) is 5.32 Å². The third-order valence-corrected chi connectivity index (χ3v) is 5.48. The zero-order valence-electron chi connectivity index (χ0n) is 11.8. The summed E-state index contributed by atoms with van der Waals surface area (Å²) in [7, 11) is 0. The summed E-state index contributed by atoms with van der Waals surface area (Å²) in [6.07, 6.45) is 5.04. The molecule has 18 heavy (non-hydrogen) atoms. The fraction of sp³-hybridized carbons (Fsp3) is 0.733. The Bertz CT molecular complexity index is 384. The molecule has 0 aliphatic heterocycles. The van der Waals surface area contributed by atoms with E-state index in [1.54, 1.807) is 0 Å². The zero-order chi connectivity index (χ0) is 13.2. The molecule has 0 spiro atoms. The predicted octanol–water partition coefficient (Wildman–Crippen LogP) is 3.19. The van der Waals surface area contributed by atoms with Gasteiger partial charge in [0.1, 0.15) is 0 Å². The van der Waals surface area contributed by atoms with Crippen LogP contribution in [0.4, 0.5) is 0 Å². The van der Waals surface area contributed by atoms with Crippen molar-refractivity contribution < 1.29 is 0 Å². The van der Waals surface area contributed by atoms with Gasteiger partial charge in [-0.2, -0.15) is 0 Å². The first-order chi connectivity index (χ1) is 8.50. The lowest BCUT2D eigenvalue weighted by molar-refractivity contribution is 0.307. The van der Waals surface area contributed by atoms with Crippen molar-refractivity contribution in [3.63, 3.8) is 0 Å². The van der Waals surface area contributed by atoms with Gasteiger partial charge in [0.05, 0.1) is 0 Å². The number of hydrogen-bond donors (Lipinski definition) is 2. The van der Waals surface area contributed by atoms with Crippen LogP contribution in [-0.4, -0.2) is 18.6 Å². The summed E-state index contributed by atoms with van der Waals surface area (Å²) in [4.78, 5) is 1.50. The topological polar surface area (TPSA) is 38.0 Å². The van der Waals surface area contributed by atoms with E-state index in [0.29, 0.717) is 12.1 Å². The maximum atomic E-state index is 6.20. The Hall–Kier alpha value is -0.380. The van der Waals surface area contributed by atoms with Gasteiger partial charge in [-0.05, 0) is 36.8 Å². The number of thiophene rings is 1. The molecule has 1 heterocycles. The van der Waals surface area contributed by atoms with Crippen LogP contribution in [0, 0.1) is 6.92 Å². The van der Waals surface area contributed by atoms with Crippen molar-refractivity contribution in [1.29, 1.82) is 0 Å². The highest BCUT2D eigenvalue weighted by Crippen LogP contribution is 2.31. The standard InChI is InChI=1S/C15H26N2S/c1-11-8-9-18-14(11)15(2,3)10-17-13-7-5-4-6-12(13)16/h8-9,12-13,17H,4-7,10,16H2,1-3H3. The van der Waals surface area contributed by atoms with Gasteiger partial charge in [0, 0.05) is 28.9 Å². The lowest BCUT2D eigenvalue weighted by Crippen LogP contribution is -2.50. The molecule has 0 saturated heterocycles. The van der Waals surface area contributed by atoms with E-state index < -0.39 is 0 Å². The highest BCUT2D eigenvalue weighted by Gasteiger charge is 2.27. The van der Waals surface area contributed by atoms with E-state index in [0.717, 1.165) is 6.54 Å². The van der Waals surface area contributed by atoms with E-state index in [2.05, 4.69) is 37.5 Å². The van der Waals surface area contributed by atoms with Crippen LogP contribution in [0.5, 0.6) is 0 Å². The summed E-state index contributed by atoms with van der Waals surface area (Å²) < 4.78 is 0. The molecule has 3 heteroatoms. The average molecular weight is 266 g/mol. The van der Waals surface area contributed by atoms with Gasteiger partial charge in [0.15, 0.2) is 0 Å². The molecule has 1 aromatic heterocycles. The number of rotatable bonds is 4. The summed E-state index contributed by atoms with van der Waals surface area (Å²) in [6.45, 7) is 7.88. The first kappa shape index (κ1) is 14.0. The van der Waals surface area contributed by atoms with Crippen molar-refractivity contribution in [2.24, 2.45) is 5.73 Å². The van der Waals surface area contributed by atoms with Crippen LogP contribution in [0.15, 0.2) is 11.4 Å². The number of hydrogen-bond acceptors (Lipinski definition) is 3. The Morgan fingerprint density at radius 1 is 1.39 bits per heavy atom. The molecule has 2 rings (SSSR count). The van der Waals surface area contributed by atoms with Crippen LogP contribution in [0.2, 0.25) is 0 Å². The Kier molecular flexibility index (Phi) is 4.46. The van der Waals surface area contributed by atoms with Gasteiger partial charge < -0.3 is 11.1 Å². The highest BCUT2D eigenvalue weighted by atomic mass is 32.1. The maximum Gasteiger partial charge on any atom is 0.0219 e. The first-order valence-electron chi connectivity index (χ1n) is 7.04. The molecular weight excluding hydrogens is 240 g/mol. The fourth-order valence-electron chi connectivity index (χ4n) is 2.95. The number of nitrogens with two attached hydrogens (primary N) is 1. The molecular formula is C15H26N2S. The third-order valence-electron chi connectivity index (χ3n) is 4.10. The van der Waals surface area contributed by atoms with Crippen molar-refractivity contribution in [3.8, 4) is 0 Å². The van der Waals surface area contributed by atoms with Crippen LogP contribution in [0.3, 0.4) is 0 Å². The molecule has 102 valence electrons. The van der Waals surface area contributed by atoms with Crippen LogP contribution in [0.1, 0.15) is 50.0 Å². The summed E-state index contributed by atoms with van der Waals surface area (Å²) >= 11 is 1.87. The molecule has 0 bridgehead atoms. The number of nitrogens with one attached hydrogen (secondary N) is 1. The zero-order valence-corrected chi connectivity index (χ0v) is 12.6. The Morgan fingerprint density at radius 3 is 2.72 bits per heavy atom. The second-order valence-electron chi connectivity index (χ2n) is 6.25. The Labute approximate surface area is 115 Å². The number of aryl methyl sites for hydroxylation is 1. The molecule has 0 amide bonds. The quantitative estimate of drug-likeness (QED) is 0.878. The molecule has 2 unspecified atom stereocenters. The van der Waals surface area contributed by atoms with E-state index in [1.165, 1.54) is 36.1 Å². The van der Waals surface area contributed by atoms with Gasteiger partial charge >= 0.3 is 0 Å². The van der Waals surface area contributed by atoms with E-state index in [-0.39, 0.29) is 5.41 Å². The van der Waals surface area contributed by atoms with Gasteiger partial charge in [0.25, 0.3) is 0 Å². The van der Waals surface area contributed by atoms with Gasteiger partial charge in [-0.3, -0.25) is 0 Å². The minimum absolute atomic E-state index is 0.204. The minimum Gasteiger partial charge on any atom is -0.326 e. The van der Waals surface area contributed by atoms with Crippen molar-refractivity contribution in [2.75, 3.05) is 6.54 Å². The van der Waals surface area contributed by atoms with Crippen LogP contribution >= 0.6 is 11.3 Å². The molecule has 1 aromatic rings. The fourth-order valence-corrected chi connectivity index (χ4v) is 4.00. The molecule has 2 nitrogen and oxygen atoms in total. The second-order valence-corrected chi connectivity index (χ2v) is 7.17. The Balaban J connectivity index is 1.94. The van der Waals surface area contributed by atoms with Crippen LogP contribution in [-0.2, 0) is 5.41 Å². The van der Waals surface area contributed by atoms with E-state index in [1.807, 2.05) is 11.3 Å². The van der Waals surface area contributed by atoms with Crippen molar-refractivity contribution >= 4 is 11.3 Å². The molecule has 3 N–H and O–H groups in total. The second kappa shape index (κ2) is 5.72. The summed E-state index contributed by atoms with van der Waals surface area (Å²) in [5.41, 5.74) is 7.82. The molecule has 2 atom stereocenters. The monoisotopic (exact) mass is 266 g/mol. The van der Waals surface area contributed by atoms with Crippen LogP contribution in [0.25, 0.3) is 0 Å². The predicted molar refractivity (Wildman–Crippen MR) is 80.3 cm³/mol. The Morgan fingerprint density at radius 2 is 2.11 bits per heavy atom. The average Bonchev–Trinajstić information content (AvgIpc) is 2.75. The molecule has 1 saturated carbocycles. The van der Waals surface area contributed by atoms with Crippen molar-refractivity contribution in [2.45, 2.75) is 64.0 Å². The summed E-state index contributed by atoms with van der Waals surface area (Å²) in [5, 5.41) is 5.90. The molecule has 1 fully saturated rings. The molecule has 1 aliphatic carbocycles. The third kappa shape index (κ3) is 3.14. The highest BCUT2D eigenvalue weighted by molar-refractivity contribution is 7.10. The maximum absolute atomic E-state index is 6.20. The minimum atomic E-state index is 0.204. The molecule has 1 aliphatic rings. The lowest BCUT2D eigenvalue weighted by Gasteiger charge is -2.33. The van der Waals surface area contributed by atoms with Crippen molar-refractivity contribution in [3.05, 3.63) is 21.9 Å². The van der Waals surface area contributed by atoms with Gasteiger partial charge in [-0.1, -0.05) is 26.7 Å². The SMILES string of the molecule is Cc1ccsc1C(C)(C)CNC1CCCCC1N. The summed E-state index contributed by atoms with van der Waals surface area (Å²) in [5.74, 6) is 0. The van der Waals surface area contributed by atoms with E-state index in [4.69, 9.17) is 5.73 Å². The van der Waals surface area contributed by atoms with Gasteiger partial charge in [-0.25, -0.2) is 0 Å². The van der Waals surface area contributed by atoms with Gasteiger partial charge in [0.2, 0.25) is 0 Å². The van der Waals surface area contributed by atoms with E-state index in [9.17, 15) is 0 Å². The lowest BCUT2D eigenvalue weighted by atomic mass is 9.86. The van der Waals surface area contributed by atoms with E-state index >= 15 is 0 Å². The summed E-state index contributed by atoms with van der Waals surface area (Å²) in [6, 6.07) is 3.07.